The Hall–Kier alpha value is -1.57. The summed E-state index contributed by atoms with van der Waals surface area (Å²) >= 11 is 0. The maximum absolute atomic E-state index is 11.9. The van der Waals surface area contributed by atoms with E-state index in [0.717, 1.165) is 42.4 Å². The van der Waals surface area contributed by atoms with Gasteiger partial charge in [0.25, 0.3) is 0 Å². The minimum absolute atomic E-state index is 0.249. The lowest BCUT2D eigenvalue weighted by molar-refractivity contribution is 0.0972. The Bertz CT molecular complexity index is 460. The van der Waals surface area contributed by atoms with Crippen LogP contribution in [0.25, 0.3) is 5.76 Å². The van der Waals surface area contributed by atoms with Crippen LogP contribution in [0.3, 0.4) is 0 Å². The van der Waals surface area contributed by atoms with E-state index in [1.54, 1.807) is 0 Å². The van der Waals surface area contributed by atoms with Crippen molar-refractivity contribution in [2.24, 2.45) is 0 Å². The summed E-state index contributed by atoms with van der Waals surface area (Å²) in [5.74, 6) is 0.953. The van der Waals surface area contributed by atoms with Crippen LogP contribution < -0.4 is 0 Å². The SMILES string of the molecule is C=C(OCCCC)c1cccc2c1CCCC2=O. The normalized spacial score (nSPS) is 14.2. The van der Waals surface area contributed by atoms with Crippen molar-refractivity contribution in [1.82, 2.24) is 0 Å². The molecule has 0 heterocycles. The van der Waals surface area contributed by atoms with E-state index >= 15 is 0 Å². The molecule has 1 aromatic carbocycles. The zero-order valence-electron chi connectivity index (χ0n) is 11.0. The highest BCUT2D eigenvalue weighted by Gasteiger charge is 2.20. The molecule has 0 bridgehead atoms. The molecule has 2 heteroatoms. The summed E-state index contributed by atoms with van der Waals surface area (Å²) in [7, 11) is 0. The van der Waals surface area contributed by atoms with Crippen molar-refractivity contribution >= 4 is 11.5 Å². The van der Waals surface area contributed by atoms with E-state index in [0.29, 0.717) is 18.8 Å². The molecule has 0 aliphatic heterocycles. The Labute approximate surface area is 109 Å². The van der Waals surface area contributed by atoms with Crippen molar-refractivity contribution in [3.05, 3.63) is 41.5 Å². The van der Waals surface area contributed by atoms with Gasteiger partial charge in [-0.1, -0.05) is 38.1 Å². The summed E-state index contributed by atoms with van der Waals surface area (Å²) in [6.45, 7) is 6.83. The minimum atomic E-state index is 0.249. The standard InChI is InChI=1S/C16H20O2/c1-3-4-11-18-12(2)13-7-5-9-15-14(13)8-6-10-16(15)17/h5,7,9H,2-4,6,8,10-11H2,1H3. The number of ketones is 1. The molecule has 1 aromatic rings. The molecule has 0 saturated carbocycles. The Morgan fingerprint density at radius 2 is 2.22 bits per heavy atom. The predicted molar refractivity (Wildman–Crippen MR) is 73.6 cm³/mol. The topological polar surface area (TPSA) is 26.3 Å². The van der Waals surface area contributed by atoms with Gasteiger partial charge in [0.15, 0.2) is 5.78 Å². The molecule has 2 nitrogen and oxygen atoms in total. The Kier molecular flexibility index (Phi) is 4.19. The average Bonchev–Trinajstić information content (AvgIpc) is 2.39. The molecule has 0 atom stereocenters. The van der Waals surface area contributed by atoms with Crippen LogP contribution in [0, 0.1) is 0 Å². The fourth-order valence-electron chi connectivity index (χ4n) is 2.36. The van der Waals surface area contributed by atoms with Crippen molar-refractivity contribution in [3.8, 4) is 0 Å². The van der Waals surface area contributed by atoms with Crippen LogP contribution in [-0.4, -0.2) is 12.4 Å². The van der Waals surface area contributed by atoms with Crippen LogP contribution in [0.4, 0.5) is 0 Å². The highest BCUT2D eigenvalue weighted by molar-refractivity contribution is 5.99. The molecule has 2 rings (SSSR count). The molecule has 96 valence electrons. The van der Waals surface area contributed by atoms with E-state index in [9.17, 15) is 4.79 Å². The Morgan fingerprint density at radius 3 is 3.00 bits per heavy atom. The van der Waals surface area contributed by atoms with E-state index < -0.39 is 0 Å². The molecule has 0 amide bonds. The molecule has 0 spiro atoms. The number of hydrogen-bond acceptors (Lipinski definition) is 2. The Balaban J connectivity index is 2.20. The number of rotatable bonds is 5. The van der Waals surface area contributed by atoms with Gasteiger partial charge in [-0.25, -0.2) is 0 Å². The molecular weight excluding hydrogens is 224 g/mol. The van der Waals surface area contributed by atoms with Gasteiger partial charge < -0.3 is 4.74 Å². The minimum Gasteiger partial charge on any atom is -0.494 e. The summed E-state index contributed by atoms with van der Waals surface area (Å²) in [4.78, 5) is 11.9. The summed E-state index contributed by atoms with van der Waals surface area (Å²) in [5, 5.41) is 0. The monoisotopic (exact) mass is 244 g/mol. The van der Waals surface area contributed by atoms with Gasteiger partial charge >= 0.3 is 0 Å². The average molecular weight is 244 g/mol. The zero-order chi connectivity index (χ0) is 13.0. The van der Waals surface area contributed by atoms with Gasteiger partial charge in [0.1, 0.15) is 5.76 Å². The molecule has 0 fully saturated rings. The lowest BCUT2D eigenvalue weighted by atomic mass is 9.87. The molecule has 0 unspecified atom stereocenters. The van der Waals surface area contributed by atoms with E-state index in [1.807, 2.05) is 18.2 Å². The van der Waals surface area contributed by atoms with Crippen LogP contribution in [0.5, 0.6) is 0 Å². The number of carbonyl (C=O) groups is 1. The third kappa shape index (κ3) is 2.63. The van der Waals surface area contributed by atoms with Crippen LogP contribution in [-0.2, 0) is 11.2 Å². The Morgan fingerprint density at radius 1 is 1.39 bits per heavy atom. The molecule has 1 aliphatic rings. The first-order valence-corrected chi connectivity index (χ1v) is 6.71. The number of ether oxygens (including phenoxy) is 1. The molecule has 0 saturated heterocycles. The van der Waals surface area contributed by atoms with Crippen molar-refractivity contribution in [1.29, 1.82) is 0 Å². The first-order chi connectivity index (χ1) is 8.74. The van der Waals surface area contributed by atoms with Gasteiger partial charge in [0, 0.05) is 17.5 Å². The van der Waals surface area contributed by atoms with Crippen LogP contribution >= 0.6 is 0 Å². The van der Waals surface area contributed by atoms with Crippen molar-refractivity contribution in [2.45, 2.75) is 39.0 Å². The van der Waals surface area contributed by atoms with Crippen molar-refractivity contribution in [3.63, 3.8) is 0 Å². The van der Waals surface area contributed by atoms with E-state index in [-0.39, 0.29) is 5.78 Å². The third-order valence-electron chi connectivity index (χ3n) is 3.38. The van der Waals surface area contributed by atoms with Gasteiger partial charge in [0.05, 0.1) is 6.61 Å². The lowest BCUT2D eigenvalue weighted by Gasteiger charge is -2.19. The molecule has 0 N–H and O–H groups in total. The molecule has 0 radical (unpaired) electrons. The van der Waals surface area contributed by atoms with Crippen LogP contribution in [0.1, 0.15) is 54.1 Å². The predicted octanol–water partition coefficient (Wildman–Crippen LogP) is 3.99. The van der Waals surface area contributed by atoms with Gasteiger partial charge in [-0.05, 0) is 24.8 Å². The van der Waals surface area contributed by atoms with Gasteiger partial charge in [-0.2, -0.15) is 0 Å². The second-order valence-corrected chi connectivity index (χ2v) is 4.73. The van der Waals surface area contributed by atoms with E-state index in [2.05, 4.69) is 13.5 Å². The quantitative estimate of drug-likeness (QED) is 0.578. The van der Waals surface area contributed by atoms with Gasteiger partial charge in [-0.15, -0.1) is 0 Å². The summed E-state index contributed by atoms with van der Waals surface area (Å²) in [5.41, 5.74) is 2.99. The summed E-state index contributed by atoms with van der Waals surface area (Å²) < 4.78 is 5.66. The largest absolute Gasteiger partial charge is 0.494 e. The number of fused-ring (bicyclic) bond motifs is 1. The number of carbonyl (C=O) groups excluding carboxylic acids is 1. The smallest absolute Gasteiger partial charge is 0.163 e. The number of benzene rings is 1. The third-order valence-corrected chi connectivity index (χ3v) is 3.38. The first kappa shape index (κ1) is 12.9. The van der Waals surface area contributed by atoms with E-state index in [4.69, 9.17) is 4.74 Å². The lowest BCUT2D eigenvalue weighted by Crippen LogP contribution is -2.13. The molecule has 0 aromatic heterocycles. The highest BCUT2D eigenvalue weighted by atomic mass is 16.5. The van der Waals surface area contributed by atoms with Crippen LogP contribution in [0.15, 0.2) is 24.8 Å². The van der Waals surface area contributed by atoms with Crippen LogP contribution in [0.2, 0.25) is 0 Å². The van der Waals surface area contributed by atoms with E-state index in [1.165, 1.54) is 0 Å². The number of unbranched alkanes of at least 4 members (excludes halogenated alkanes) is 1. The molecule has 18 heavy (non-hydrogen) atoms. The molecule has 1 aliphatic carbocycles. The van der Waals surface area contributed by atoms with Gasteiger partial charge in [0.2, 0.25) is 0 Å². The highest BCUT2D eigenvalue weighted by Crippen LogP contribution is 2.28. The molecular formula is C16H20O2. The zero-order valence-corrected chi connectivity index (χ0v) is 11.0. The number of hydrogen-bond donors (Lipinski definition) is 0. The summed E-state index contributed by atoms with van der Waals surface area (Å²) in [6.07, 6.45) is 4.70. The van der Waals surface area contributed by atoms with Gasteiger partial charge in [-0.3, -0.25) is 4.79 Å². The summed E-state index contributed by atoms with van der Waals surface area (Å²) in [6, 6.07) is 5.84. The first-order valence-electron chi connectivity index (χ1n) is 6.71. The second-order valence-electron chi connectivity index (χ2n) is 4.73. The maximum atomic E-state index is 11.9. The van der Waals surface area contributed by atoms with Crippen molar-refractivity contribution in [2.75, 3.05) is 6.61 Å². The fraction of sp³-hybridized carbons (Fsp3) is 0.438. The van der Waals surface area contributed by atoms with Crippen molar-refractivity contribution < 1.29 is 9.53 Å². The number of Topliss-reactive ketones (excluding diaryl/α,β-unsaturated/α-hetero) is 1. The fourth-order valence-corrected chi connectivity index (χ4v) is 2.36. The maximum Gasteiger partial charge on any atom is 0.163 e. The second kappa shape index (κ2) is 5.85.